The molecule has 4 N–H and O–H groups in total. The second-order valence-electron chi connectivity index (χ2n) is 8.83. The summed E-state index contributed by atoms with van der Waals surface area (Å²) in [4.78, 5) is 48.6. The fourth-order valence-electron chi connectivity index (χ4n) is 3.72. The number of carbonyl (C=O) groups excluding carboxylic acids is 4. The lowest BCUT2D eigenvalue weighted by Gasteiger charge is -2.27. The third kappa shape index (κ3) is 8.61. The molecule has 0 radical (unpaired) electrons. The summed E-state index contributed by atoms with van der Waals surface area (Å²) in [6.45, 7) is 3.46. The van der Waals surface area contributed by atoms with E-state index in [1.807, 2.05) is 38.1 Å². The van der Waals surface area contributed by atoms with Gasteiger partial charge in [0.05, 0.1) is 0 Å². The Kier molecular flexibility index (Phi) is 9.67. The smallest absolute Gasteiger partial charge is 0.276 e. The number of amides is 4. The van der Waals surface area contributed by atoms with Crippen LogP contribution in [0.5, 0.6) is 11.5 Å². The SMILES string of the molecule is Cc1ccc(OCC(=O)NNC(=O)C2CCC(C(=O)NNC(=O)COc3ccc(C)cc3)CC2)cc1. The summed E-state index contributed by atoms with van der Waals surface area (Å²) < 4.78 is 10.8. The van der Waals surface area contributed by atoms with Crippen LogP contribution >= 0.6 is 0 Å². The standard InChI is InChI=1S/C26H32N4O6/c1-17-3-11-21(12-4-17)35-15-23(31)27-29-25(33)19-7-9-20(10-8-19)26(34)30-28-24(32)16-36-22-13-5-18(2)6-14-22/h3-6,11-14,19-20H,7-10,15-16H2,1-2H3,(H,27,31)(H,28,32)(H,29,33)(H,30,34). The predicted molar refractivity (Wildman–Crippen MR) is 131 cm³/mol. The molecular formula is C26H32N4O6. The molecule has 2 aromatic rings. The maximum absolute atomic E-state index is 12.4. The largest absolute Gasteiger partial charge is 0.484 e. The molecule has 10 nitrogen and oxygen atoms in total. The van der Waals surface area contributed by atoms with Gasteiger partial charge in [0.2, 0.25) is 11.8 Å². The van der Waals surface area contributed by atoms with Gasteiger partial charge in [-0.15, -0.1) is 0 Å². The van der Waals surface area contributed by atoms with E-state index in [0.29, 0.717) is 37.2 Å². The average molecular weight is 497 g/mol. The summed E-state index contributed by atoms with van der Waals surface area (Å²) in [5.74, 6) is -1.06. The lowest BCUT2D eigenvalue weighted by molar-refractivity contribution is -0.135. The minimum Gasteiger partial charge on any atom is -0.484 e. The summed E-state index contributed by atoms with van der Waals surface area (Å²) >= 11 is 0. The van der Waals surface area contributed by atoms with Crippen LogP contribution in [0, 0.1) is 25.7 Å². The van der Waals surface area contributed by atoms with Crippen molar-refractivity contribution in [1.29, 1.82) is 0 Å². The number of carbonyl (C=O) groups is 4. The van der Waals surface area contributed by atoms with E-state index in [2.05, 4.69) is 21.7 Å². The highest BCUT2D eigenvalue weighted by Crippen LogP contribution is 2.28. The zero-order valence-electron chi connectivity index (χ0n) is 20.5. The van der Waals surface area contributed by atoms with Crippen molar-refractivity contribution in [3.05, 3.63) is 59.7 Å². The van der Waals surface area contributed by atoms with Crippen molar-refractivity contribution in [3.8, 4) is 11.5 Å². The molecule has 10 heteroatoms. The van der Waals surface area contributed by atoms with Gasteiger partial charge in [-0.1, -0.05) is 35.4 Å². The first-order valence-corrected chi connectivity index (χ1v) is 11.9. The molecule has 0 aliphatic heterocycles. The van der Waals surface area contributed by atoms with Crippen molar-refractivity contribution in [2.24, 2.45) is 11.8 Å². The van der Waals surface area contributed by atoms with Gasteiger partial charge in [-0.05, 0) is 63.8 Å². The van der Waals surface area contributed by atoms with Crippen LogP contribution in [0.4, 0.5) is 0 Å². The first-order valence-electron chi connectivity index (χ1n) is 11.9. The van der Waals surface area contributed by atoms with E-state index in [4.69, 9.17) is 9.47 Å². The zero-order valence-corrected chi connectivity index (χ0v) is 20.5. The van der Waals surface area contributed by atoms with Gasteiger partial charge < -0.3 is 9.47 Å². The van der Waals surface area contributed by atoms with Crippen molar-refractivity contribution < 1.29 is 28.7 Å². The van der Waals surface area contributed by atoms with Crippen LogP contribution in [0.25, 0.3) is 0 Å². The van der Waals surface area contributed by atoms with Gasteiger partial charge in [-0.25, -0.2) is 0 Å². The van der Waals surface area contributed by atoms with Crippen molar-refractivity contribution in [2.45, 2.75) is 39.5 Å². The van der Waals surface area contributed by atoms with Crippen LogP contribution in [0.1, 0.15) is 36.8 Å². The average Bonchev–Trinajstić information content (AvgIpc) is 2.89. The topological polar surface area (TPSA) is 135 Å². The van der Waals surface area contributed by atoms with Crippen LogP contribution in [-0.4, -0.2) is 36.8 Å². The van der Waals surface area contributed by atoms with Gasteiger partial charge in [-0.3, -0.25) is 40.9 Å². The molecule has 3 rings (SSSR count). The third-order valence-corrected chi connectivity index (χ3v) is 5.90. The molecular weight excluding hydrogens is 464 g/mol. The number of hydrogen-bond acceptors (Lipinski definition) is 6. The van der Waals surface area contributed by atoms with Gasteiger partial charge in [0.15, 0.2) is 13.2 Å². The molecule has 0 aromatic heterocycles. The summed E-state index contributed by atoms with van der Waals surface area (Å²) in [6, 6.07) is 14.6. The molecule has 0 unspecified atom stereocenters. The van der Waals surface area contributed by atoms with Gasteiger partial charge in [0, 0.05) is 11.8 Å². The van der Waals surface area contributed by atoms with Crippen LogP contribution < -0.4 is 31.2 Å². The Hall–Kier alpha value is -4.08. The molecule has 0 spiro atoms. The van der Waals surface area contributed by atoms with Crippen LogP contribution in [0.15, 0.2) is 48.5 Å². The van der Waals surface area contributed by atoms with E-state index < -0.39 is 11.8 Å². The third-order valence-electron chi connectivity index (χ3n) is 5.90. The molecule has 0 heterocycles. The number of benzene rings is 2. The molecule has 1 aliphatic rings. The number of nitrogens with one attached hydrogen (secondary N) is 4. The van der Waals surface area contributed by atoms with E-state index in [9.17, 15) is 19.2 Å². The maximum Gasteiger partial charge on any atom is 0.276 e. The highest BCUT2D eigenvalue weighted by molar-refractivity contribution is 5.85. The molecule has 36 heavy (non-hydrogen) atoms. The molecule has 0 atom stereocenters. The normalized spacial score (nSPS) is 16.8. The molecule has 192 valence electrons. The Morgan fingerprint density at radius 3 is 1.28 bits per heavy atom. The molecule has 1 saturated carbocycles. The number of hydrazine groups is 2. The number of ether oxygens (including phenoxy) is 2. The number of aryl methyl sites for hydroxylation is 2. The Balaban J connectivity index is 1.28. The first kappa shape index (κ1) is 26.5. The Labute approximate surface area is 210 Å². The highest BCUT2D eigenvalue weighted by Gasteiger charge is 2.30. The van der Waals surface area contributed by atoms with E-state index in [1.54, 1.807) is 24.3 Å². The first-order chi connectivity index (χ1) is 17.3. The van der Waals surface area contributed by atoms with Gasteiger partial charge in [0.1, 0.15) is 11.5 Å². The fraction of sp³-hybridized carbons (Fsp3) is 0.385. The second-order valence-corrected chi connectivity index (χ2v) is 8.83. The van der Waals surface area contributed by atoms with Crippen molar-refractivity contribution in [1.82, 2.24) is 21.7 Å². The van der Waals surface area contributed by atoms with Crippen LogP contribution in [0.3, 0.4) is 0 Å². The van der Waals surface area contributed by atoms with Crippen molar-refractivity contribution in [3.63, 3.8) is 0 Å². The Morgan fingerprint density at radius 2 is 0.944 bits per heavy atom. The lowest BCUT2D eigenvalue weighted by atomic mass is 9.81. The number of hydrogen-bond donors (Lipinski definition) is 4. The summed E-state index contributed by atoms with van der Waals surface area (Å²) in [7, 11) is 0. The maximum atomic E-state index is 12.4. The molecule has 1 fully saturated rings. The zero-order chi connectivity index (χ0) is 25.9. The summed E-state index contributed by atoms with van der Waals surface area (Å²) in [5, 5.41) is 0. The van der Waals surface area contributed by atoms with E-state index in [0.717, 1.165) is 11.1 Å². The van der Waals surface area contributed by atoms with Gasteiger partial charge in [0.25, 0.3) is 11.8 Å². The highest BCUT2D eigenvalue weighted by atomic mass is 16.5. The second kappa shape index (κ2) is 13.1. The molecule has 1 aliphatic carbocycles. The molecule has 2 aromatic carbocycles. The monoisotopic (exact) mass is 496 g/mol. The van der Waals surface area contributed by atoms with Gasteiger partial charge >= 0.3 is 0 Å². The lowest BCUT2D eigenvalue weighted by Crippen LogP contribution is -2.48. The minimum atomic E-state index is -0.473. The van der Waals surface area contributed by atoms with Crippen molar-refractivity contribution in [2.75, 3.05) is 13.2 Å². The predicted octanol–water partition coefficient (Wildman–Crippen LogP) is 1.86. The van der Waals surface area contributed by atoms with Crippen molar-refractivity contribution >= 4 is 23.6 Å². The van der Waals surface area contributed by atoms with E-state index in [1.165, 1.54) is 0 Å². The number of rotatable bonds is 8. The Bertz CT molecular complexity index is 962. The van der Waals surface area contributed by atoms with E-state index in [-0.39, 0.29) is 36.9 Å². The van der Waals surface area contributed by atoms with Gasteiger partial charge in [-0.2, -0.15) is 0 Å². The molecule has 0 bridgehead atoms. The Morgan fingerprint density at radius 1 is 0.611 bits per heavy atom. The quantitative estimate of drug-likeness (QED) is 0.412. The summed E-state index contributed by atoms with van der Waals surface area (Å²) in [5.41, 5.74) is 11.7. The summed E-state index contributed by atoms with van der Waals surface area (Å²) in [6.07, 6.45) is 1.96. The van der Waals surface area contributed by atoms with Crippen LogP contribution in [0.2, 0.25) is 0 Å². The molecule has 0 saturated heterocycles. The van der Waals surface area contributed by atoms with Crippen LogP contribution in [-0.2, 0) is 19.2 Å². The fourth-order valence-corrected chi connectivity index (χ4v) is 3.72. The molecule has 4 amide bonds. The minimum absolute atomic E-state index is 0.224. The van der Waals surface area contributed by atoms with E-state index >= 15 is 0 Å².